The zero-order chi connectivity index (χ0) is 18.9. The van der Waals surface area contributed by atoms with Gasteiger partial charge < -0.3 is 10.1 Å². The van der Waals surface area contributed by atoms with Crippen molar-refractivity contribution >= 4 is 17.3 Å². The van der Waals surface area contributed by atoms with Crippen LogP contribution in [0.3, 0.4) is 0 Å². The second-order valence-corrected chi connectivity index (χ2v) is 5.38. The minimum absolute atomic E-state index is 0.0333. The summed E-state index contributed by atoms with van der Waals surface area (Å²) in [5.74, 6) is -2.52. The maximum atomic E-state index is 13.9. The number of aromatic nitrogens is 3. The van der Waals surface area contributed by atoms with Crippen LogP contribution >= 0.6 is 0 Å². The largest absolute Gasteiger partial charge is 0.498 e. The molecule has 0 bridgehead atoms. The minimum atomic E-state index is -4.81. The van der Waals surface area contributed by atoms with Crippen molar-refractivity contribution in [1.29, 1.82) is 0 Å². The molecule has 1 aromatic carbocycles. The van der Waals surface area contributed by atoms with Crippen molar-refractivity contribution in [3.63, 3.8) is 0 Å². The average Bonchev–Trinajstić information content (AvgIpc) is 3.04. The van der Waals surface area contributed by atoms with Crippen molar-refractivity contribution in [1.82, 2.24) is 14.4 Å². The monoisotopic (exact) mass is 365 g/mol. The molecule has 6 nitrogen and oxygen atoms in total. The molecule has 0 amide bonds. The van der Waals surface area contributed by atoms with Crippen LogP contribution in [0.4, 0.5) is 17.6 Å². The van der Waals surface area contributed by atoms with Crippen LogP contribution < -0.4 is 11.1 Å². The number of halogens is 4. The first-order chi connectivity index (χ1) is 12.3. The Morgan fingerprint density at radius 3 is 2.69 bits per heavy atom. The number of imidazole rings is 1. The summed E-state index contributed by atoms with van der Waals surface area (Å²) in [7, 11) is 0. The van der Waals surface area contributed by atoms with Gasteiger partial charge >= 0.3 is 12.0 Å². The van der Waals surface area contributed by atoms with E-state index in [4.69, 9.17) is 11.1 Å². The summed E-state index contributed by atoms with van der Waals surface area (Å²) in [5, 5.41) is 4.89. The first-order valence-corrected chi connectivity index (χ1v) is 7.36. The maximum absolute atomic E-state index is 13.9. The topological polar surface area (TPSA) is 94.2 Å². The summed E-state index contributed by atoms with van der Waals surface area (Å²) in [6.45, 7) is 0. The number of nitrogens with two attached hydrogens (primary N) is 2. The third kappa shape index (κ3) is 3.53. The van der Waals surface area contributed by atoms with Crippen molar-refractivity contribution < 1.29 is 23.0 Å². The number of nitrogens with zero attached hydrogens (tertiary/aromatic N) is 4. The standard InChI is InChI=1S/C16H12F4N6/c17-10-4-2-1-3-9(10)7-11-14-23-5-6-26(14)8-12(24-11)13(21)25-15(22)16(18,19)20/h1-6,8H,7H2,(H3,21,22,25)/p+1. The van der Waals surface area contributed by atoms with Crippen LogP contribution in [0.15, 0.2) is 47.8 Å². The average molecular weight is 365 g/mol. The fourth-order valence-corrected chi connectivity index (χ4v) is 2.31. The number of hydrogen-bond donors (Lipinski definition) is 2. The Hall–Kier alpha value is -3.30. The molecule has 0 saturated carbocycles. The van der Waals surface area contributed by atoms with Gasteiger partial charge in [-0.05, 0) is 16.6 Å². The quantitative estimate of drug-likeness (QED) is 0.410. The molecule has 134 valence electrons. The second kappa shape index (κ2) is 6.54. The van der Waals surface area contributed by atoms with E-state index in [9.17, 15) is 17.6 Å². The highest BCUT2D eigenvalue weighted by atomic mass is 19.4. The second-order valence-electron chi connectivity index (χ2n) is 5.38. The number of fused-ring (bicyclic) bond motifs is 1. The van der Waals surface area contributed by atoms with Gasteiger partial charge in [-0.1, -0.05) is 18.2 Å². The Morgan fingerprint density at radius 1 is 1.27 bits per heavy atom. The lowest BCUT2D eigenvalue weighted by Crippen LogP contribution is -2.48. The lowest BCUT2D eigenvalue weighted by atomic mass is 10.1. The van der Waals surface area contributed by atoms with Gasteiger partial charge in [0.2, 0.25) is 0 Å². The van der Waals surface area contributed by atoms with Gasteiger partial charge in [0.25, 0.3) is 5.84 Å². The first-order valence-electron chi connectivity index (χ1n) is 7.36. The molecule has 0 unspecified atom stereocenters. The van der Waals surface area contributed by atoms with Gasteiger partial charge in [0.05, 0.1) is 5.69 Å². The van der Waals surface area contributed by atoms with Gasteiger partial charge in [-0.25, -0.2) is 14.4 Å². The van der Waals surface area contributed by atoms with Gasteiger partial charge in [-0.2, -0.15) is 13.2 Å². The third-order valence-electron chi connectivity index (χ3n) is 3.55. The van der Waals surface area contributed by atoms with Crippen LogP contribution in [-0.2, 0) is 6.42 Å². The number of hydrogen-bond acceptors (Lipinski definition) is 2. The zero-order valence-corrected chi connectivity index (χ0v) is 13.2. The summed E-state index contributed by atoms with van der Waals surface area (Å²) in [4.78, 5) is 11.5. The Labute approximate surface area is 144 Å². The molecular weight excluding hydrogens is 352 g/mol. The van der Waals surface area contributed by atoms with E-state index in [1.807, 2.05) is 0 Å². The highest BCUT2D eigenvalue weighted by Gasteiger charge is 2.42. The number of aliphatic imine (C=N–C) groups is 1. The predicted octanol–water partition coefficient (Wildman–Crippen LogP) is 0.884. The molecule has 0 radical (unpaired) electrons. The van der Waals surface area contributed by atoms with Crippen molar-refractivity contribution in [3.05, 3.63) is 65.6 Å². The third-order valence-corrected chi connectivity index (χ3v) is 3.55. The molecule has 2 heterocycles. The van der Waals surface area contributed by atoms with E-state index in [1.54, 1.807) is 24.4 Å². The Kier molecular flexibility index (Phi) is 4.41. The number of alkyl halides is 3. The lowest BCUT2D eigenvalue weighted by molar-refractivity contribution is -0.169. The highest BCUT2D eigenvalue weighted by Crippen LogP contribution is 2.17. The molecule has 0 spiro atoms. The molecule has 3 aromatic rings. The Balaban J connectivity index is 2.05. The van der Waals surface area contributed by atoms with Gasteiger partial charge in [0, 0.05) is 25.0 Å². The molecule has 0 aliphatic heterocycles. The van der Waals surface area contributed by atoms with Gasteiger partial charge in [-0.3, -0.25) is 5.41 Å². The van der Waals surface area contributed by atoms with Crippen LogP contribution in [-0.4, -0.2) is 32.2 Å². The zero-order valence-electron chi connectivity index (χ0n) is 13.2. The maximum Gasteiger partial charge on any atom is 0.498 e. The van der Waals surface area contributed by atoms with E-state index in [-0.39, 0.29) is 12.1 Å². The molecule has 4 N–H and O–H groups in total. The molecule has 0 aliphatic rings. The van der Waals surface area contributed by atoms with Crippen molar-refractivity contribution in [2.75, 3.05) is 0 Å². The minimum Gasteiger partial charge on any atom is -0.361 e. The van der Waals surface area contributed by atoms with E-state index in [2.05, 4.69) is 15.0 Å². The van der Waals surface area contributed by atoms with Crippen LogP contribution in [0.2, 0.25) is 0 Å². The summed E-state index contributed by atoms with van der Waals surface area (Å²) in [5.41, 5.74) is 6.71. The molecule has 2 aromatic heterocycles. The summed E-state index contributed by atoms with van der Waals surface area (Å²) in [6, 6.07) is 6.10. The molecule has 0 aliphatic carbocycles. The van der Waals surface area contributed by atoms with Crippen molar-refractivity contribution in [2.45, 2.75) is 12.6 Å². The number of amidine groups is 2. The smallest absolute Gasteiger partial charge is 0.361 e. The highest BCUT2D eigenvalue weighted by molar-refractivity contribution is 6.04. The molecule has 0 atom stereocenters. The van der Waals surface area contributed by atoms with Gasteiger partial charge in [0.15, 0.2) is 5.65 Å². The van der Waals surface area contributed by atoms with Gasteiger partial charge in [-0.15, -0.1) is 0 Å². The van der Waals surface area contributed by atoms with Gasteiger partial charge in [0.1, 0.15) is 11.5 Å². The Bertz CT molecular complexity index is 1010. The predicted molar refractivity (Wildman–Crippen MR) is 85.9 cm³/mol. The van der Waals surface area contributed by atoms with Crippen LogP contribution in [0.5, 0.6) is 0 Å². The van der Waals surface area contributed by atoms with E-state index in [0.717, 1.165) is 0 Å². The molecule has 3 rings (SSSR count). The van der Waals surface area contributed by atoms with E-state index in [1.165, 1.54) is 22.9 Å². The van der Waals surface area contributed by atoms with Crippen LogP contribution in [0.25, 0.3) is 5.65 Å². The number of benzene rings is 1. The van der Waals surface area contributed by atoms with E-state index < -0.39 is 23.7 Å². The molecule has 26 heavy (non-hydrogen) atoms. The molecule has 10 heteroatoms. The molecular formula is C16H13F4N6+. The normalized spacial score (nSPS) is 12.5. The summed E-state index contributed by atoms with van der Waals surface area (Å²) >= 11 is 0. The Morgan fingerprint density at radius 2 is 2.00 bits per heavy atom. The van der Waals surface area contributed by atoms with E-state index >= 15 is 0 Å². The lowest BCUT2D eigenvalue weighted by Gasteiger charge is -2.07. The fourth-order valence-electron chi connectivity index (χ4n) is 2.31. The SMILES string of the molecule is NC(=NC(=[NH2+])C(F)(F)F)c1cn2ccnc2c(Cc2ccccc2F)n1. The van der Waals surface area contributed by atoms with Crippen LogP contribution in [0, 0.1) is 5.82 Å². The van der Waals surface area contributed by atoms with Crippen molar-refractivity contribution in [3.8, 4) is 0 Å². The summed E-state index contributed by atoms with van der Waals surface area (Å²) in [6.07, 6.45) is -0.313. The number of rotatable bonds is 3. The first kappa shape index (κ1) is 17.5. The van der Waals surface area contributed by atoms with Crippen molar-refractivity contribution in [2.24, 2.45) is 10.7 Å². The van der Waals surface area contributed by atoms with Crippen LogP contribution in [0.1, 0.15) is 17.0 Å². The molecule has 0 saturated heterocycles. The fraction of sp³-hybridized carbons (Fsp3) is 0.125. The molecule has 0 fully saturated rings. The summed E-state index contributed by atoms with van der Waals surface area (Å²) < 4.78 is 53.0. The van der Waals surface area contributed by atoms with E-state index in [0.29, 0.717) is 16.9 Å².